The summed E-state index contributed by atoms with van der Waals surface area (Å²) in [5.74, 6) is 0. The van der Waals surface area contributed by atoms with Gasteiger partial charge in [0.15, 0.2) is 0 Å². The molecule has 8 rings (SSSR count). The van der Waals surface area contributed by atoms with Gasteiger partial charge in [-0.25, -0.2) is 4.99 Å². The van der Waals surface area contributed by atoms with Gasteiger partial charge in [-0.2, -0.15) is 0 Å². The van der Waals surface area contributed by atoms with Crippen molar-refractivity contribution in [2.75, 3.05) is 0 Å². The zero-order valence-electron chi connectivity index (χ0n) is 23.8. The molecule has 0 fully saturated rings. The van der Waals surface area contributed by atoms with Crippen LogP contribution in [-0.4, -0.2) is 16.6 Å². The number of nitrogens with zero attached hydrogens (tertiary/aromatic N) is 2. The lowest BCUT2D eigenvalue weighted by molar-refractivity contribution is 1.30. The van der Waals surface area contributed by atoms with Crippen molar-refractivity contribution in [3.8, 4) is 22.3 Å². The SMILES string of the molecule is N=C(/C=C\N=C\n1c2ccccc2c2cc(-c3cccc4c3sc3ccccc34)ccc21)c1ccc(-c2ccccc2)cc1. The van der Waals surface area contributed by atoms with E-state index in [-0.39, 0.29) is 0 Å². The minimum Gasteiger partial charge on any atom is -0.300 e. The molecular weight excluding hydrogens is 555 g/mol. The highest BCUT2D eigenvalue weighted by Crippen LogP contribution is 2.41. The Kier molecular flexibility index (Phi) is 6.47. The fraction of sp³-hybridized carbons (Fsp3) is 0. The van der Waals surface area contributed by atoms with Crippen molar-refractivity contribution in [3.63, 3.8) is 0 Å². The molecule has 0 spiro atoms. The van der Waals surface area contributed by atoms with E-state index in [0.717, 1.165) is 22.2 Å². The predicted molar refractivity (Wildman–Crippen MR) is 190 cm³/mol. The first-order valence-corrected chi connectivity index (χ1v) is 15.4. The Labute approximate surface area is 259 Å². The molecule has 8 aromatic rings. The molecule has 0 saturated heterocycles. The molecular formula is C40H27N3S. The third-order valence-corrected chi connectivity index (χ3v) is 9.46. The van der Waals surface area contributed by atoms with Crippen LogP contribution in [-0.2, 0) is 0 Å². The highest BCUT2D eigenvalue weighted by Gasteiger charge is 2.14. The Balaban J connectivity index is 1.11. The summed E-state index contributed by atoms with van der Waals surface area (Å²) in [4.78, 5) is 4.61. The van der Waals surface area contributed by atoms with Gasteiger partial charge in [-0.3, -0.25) is 4.57 Å². The summed E-state index contributed by atoms with van der Waals surface area (Å²) < 4.78 is 4.77. The number of hydrogen-bond donors (Lipinski definition) is 1. The lowest BCUT2D eigenvalue weighted by atomic mass is 10.0. The number of aromatic nitrogens is 1. The molecule has 4 heteroatoms. The molecule has 0 radical (unpaired) electrons. The third kappa shape index (κ3) is 4.53. The molecule has 44 heavy (non-hydrogen) atoms. The first kappa shape index (κ1) is 26.1. The van der Waals surface area contributed by atoms with E-state index in [1.807, 2.05) is 48.0 Å². The Hall–Kier alpha value is -5.58. The van der Waals surface area contributed by atoms with Gasteiger partial charge in [0.2, 0.25) is 0 Å². The second-order valence-corrected chi connectivity index (χ2v) is 11.9. The maximum Gasteiger partial charge on any atom is 0.0995 e. The minimum absolute atomic E-state index is 0.420. The molecule has 0 atom stereocenters. The summed E-state index contributed by atoms with van der Waals surface area (Å²) in [5, 5.41) is 13.6. The van der Waals surface area contributed by atoms with E-state index in [2.05, 4.69) is 119 Å². The highest BCUT2D eigenvalue weighted by molar-refractivity contribution is 7.26. The Morgan fingerprint density at radius 2 is 1.27 bits per heavy atom. The Morgan fingerprint density at radius 3 is 2.14 bits per heavy atom. The maximum absolute atomic E-state index is 8.55. The van der Waals surface area contributed by atoms with Crippen molar-refractivity contribution in [2.24, 2.45) is 4.99 Å². The molecule has 0 aliphatic heterocycles. The summed E-state index contributed by atoms with van der Waals surface area (Å²) >= 11 is 1.86. The molecule has 1 N–H and O–H groups in total. The predicted octanol–water partition coefficient (Wildman–Crippen LogP) is 11.0. The van der Waals surface area contributed by atoms with Crippen LogP contribution < -0.4 is 0 Å². The lowest BCUT2D eigenvalue weighted by Gasteiger charge is -2.05. The van der Waals surface area contributed by atoms with Gasteiger partial charge in [-0.1, -0.05) is 115 Å². The van der Waals surface area contributed by atoms with Crippen molar-refractivity contribution in [1.82, 2.24) is 4.57 Å². The number of aliphatic imine (C=N–C) groups is 1. The van der Waals surface area contributed by atoms with Crippen LogP contribution in [0.5, 0.6) is 0 Å². The number of benzene rings is 6. The number of allylic oxidation sites excluding steroid dienone is 1. The minimum atomic E-state index is 0.420. The van der Waals surface area contributed by atoms with Gasteiger partial charge in [0.1, 0.15) is 0 Å². The first-order chi connectivity index (χ1) is 21.7. The molecule has 0 bridgehead atoms. The van der Waals surface area contributed by atoms with Crippen LogP contribution in [0, 0.1) is 5.41 Å². The number of fused-ring (bicyclic) bond motifs is 6. The smallest absolute Gasteiger partial charge is 0.0995 e. The summed E-state index contributed by atoms with van der Waals surface area (Å²) in [7, 11) is 0. The Bertz CT molecular complexity index is 2390. The molecule has 0 aliphatic rings. The number of para-hydroxylation sites is 1. The Morgan fingerprint density at radius 1 is 0.591 bits per heavy atom. The lowest BCUT2D eigenvalue weighted by Crippen LogP contribution is -1.95. The molecule has 208 valence electrons. The number of thiophene rings is 1. The highest BCUT2D eigenvalue weighted by atomic mass is 32.1. The van der Waals surface area contributed by atoms with Gasteiger partial charge in [-0.15, -0.1) is 11.3 Å². The van der Waals surface area contributed by atoms with E-state index >= 15 is 0 Å². The summed E-state index contributed by atoms with van der Waals surface area (Å²) in [6.07, 6.45) is 5.29. The van der Waals surface area contributed by atoms with Crippen LogP contribution in [0.4, 0.5) is 0 Å². The number of nitrogens with one attached hydrogen (secondary N) is 1. The van der Waals surface area contributed by atoms with Gasteiger partial charge >= 0.3 is 0 Å². The van der Waals surface area contributed by atoms with E-state index in [4.69, 9.17) is 5.41 Å². The summed E-state index contributed by atoms with van der Waals surface area (Å²) in [6.45, 7) is 0. The fourth-order valence-electron chi connectivity index (χ4n) is 6.06. The van der Waals surface area contributed by atoms with Crippen LogP contribution in [0.2, 0.25) is 0 Å². The van der Waals surface area contributed by atoms with Crippen LogP contribution >= 0.6 is 11.3 Å². The van der Waals surface area contributed by atoms with Gasteiger partial charge < -0.3 is 5.41 Å². The van der Waals surface area contributed by atoms with E-state index in [9.17, 15) is 0 Å². The molecule has 2 aromatic heterocycles. The van der Waals surface area contributed by atoms with Crippen molar-refractivity contribution < 1.29 is 0 Å². The molecule has 0 unspecified atom stereocenters. The molecule has 0 aliphatic carbocycles. The fourth-order valence-corrected chi connectivity index (χ4v) is 7.30. The maximum atomic E-state index is 8.55. The van der Waals surface area contributed by atoms with Gasteiger partial charge in [0, 0.05) is 37.1 Å². The largest absolute Gasteiger partial charge is 0.300 e. The van der Waals surface area contributed by atoms with Gasteiger partial charge in [0.25, 0.3) is 0 Å². The summed E-state index contributed by atoms with van der Waals surface area (Å²) in [6, 6.07) is 48.8. The average Bonchev–Trinajstić information content (AvgIpc) is 3.62. The first-order valence-electron chi connectivity index (χ1n) is 14.6. The molecule has 0 amide bonds. The van der Waals surface area contributed by atoms with Crippen LogP contribution in [0.1, 0.15) is 5.56 Å². The zero-order chi connectivity index (χ0) is 29.5. The van der Waals surface area contributed by atoms with Gasteiger partial charge in [0.05, 0.1) is 23.1 Å². The van der Waals surface area contributed by atoms with Gasteiger partial charge in [-0.05, 0) is 58.2 Å². The summed E-state index contributed by atoms with van der Waals surface area (Å²) in [5.41, 5.74) is 8.25. The monoisotopic (exact) mass is 581 g/mol. The van der Waals surface area contributed by atoms with Crippen LogP contribution in [0.3, 0.4) is 0 Å². The number of hydrogen-bond acceptors (Lipinski definition) is 3. The van der Waals surface area contributed by atoms with Crippen molar-refractivity contribution in [2.45, 2.75) is 0 Å². The zero-order valence-corrected chi connectivity index (χ0v) is 24.6. The second kappa shape index (κ2) is 10.9. The number of rotatable bonds is 6. The van der Waals surface area contributed by atoms with E-state index in [1.54, 1.807) is 12.3 Å². The quantitative estimate of drug-likeness (QED) is 0.150. The standard InChI is InChI=1S/C40H27N3S/c41-36(29-19-17-28(18-20-29)27-9-2-1-3-10-27)23-24-42-26-43-37-15-6-4-11-32(37)35-25-30(21-22-38(35)43)31-13-8-14-34-33-12-5-7-16-39(33)44-40(31)34/h1-26,41H/b24-23-,41-36?,42-26+. The third-order valence-electron chi connectivity index (χ3n) is 8.24. The molecule has 0 saturated carbocycles. The second-order valence-electron chi connectivity index (χ2n) is 10.8. The molecule has 6 aromatic carbocycles. The van der Waals surface area contributed by atoms with Crippen LogP contribution in [0.15, 0.2) is 157 Å². The van der Waals surface area contributed by atoms with Crippen molar-refractivity contribution in [1.29, 1.82) is 5.41 Å². The average molecular weight is 582 g/mol. The molecule has 2 heterocycles. The topological polar surface area (TPSA) is 41.1 Å². The molecule has 3 nitrogen and oxygen atoms in total. The van der Waals surface area contributed by atoms with Crippen molar-refractivity contribution in [3.05, 3.63) is 157 Å². The van der Waals surface area contributed by atoms with E-state index < -0.39 is 0 Å². The van der Waals surface area contributed by atoms with E-state index in [0.29, 0.717) is 5.71 Å². The normalized spacial score (nSPS) is 12.0. The van der Waals surface area contributed by atoms with Crippen LogP contribution in [0.25, 0.3) is 64.2 Å². The van der Waals surface area contributed by atoms with E-state index in [1.165, 1.54) is 47.6 Å². The van der Waals surface area contributed by atoms with Crippen molar-refractivity contribution >= 4 is 65.4 Å².